The predicted octanol–water partition coefficient (Wildman–Crippen LogP) is 2.28. The maximum absolute atomic E-state index is 13.2. The van der Waals surface area contributed by atoms with Crippen LogP contribution in [0, 0.1) is 18.8 Å². The molecule has 1 amide bonds. The van der Waals surface area contributed by atoms with Gasteiger partial charge in [-0.2, -0.15) is 0 Å². The molecule has 0 bridgehead atoms. The van der Waals surface area contributed by atoms with Crippen molar-refractivity contribution in [3.8, 4) is 0 Å². The van der Waals surface area contributed by atoms with Crippen molar-refractivity contribution in [1.29, 1.82) is 0 Å². The summed E-state index contributed by atoms with van der Waals surface area (Å²) in [5.41, 5.74) is 3.03. The van der Waals surface area contributed by atoms with Gasteiger partial charge in [0.05, 0.1) is 11.6 Å². The average molecular weight is 374 g/mol. The van der Waals surface area contributed by atoms with Gasteiger partial charge < -0.3 is 15.5 Å². The first-order chi connectivity index (χ1) is 12.2. The fraction of sp³-hybridized carbons (Fsp3) is 0.421. The number of carbonyl (C=O) groups excluding carboxylic acids is 1. The first kappa shape index (κ1) is 18.6. The van der Waals surface area contributed by atoms with Gasteiger partial charge in [0, 0.05) is 45.0 Å². The van der Waals surface area contributed by atoms with E-state index < -0.39 is 0 Å². The Hall–Kier alpha value is -2.18. The van der Waals surface area contributed by atoms with Crippen molar-refractivity contribution in [2.45, 2.75) is 13.0 Å². The zero-order valence-corrected chi connectivity index (χ0v) is 15.8. The summed E-state index contributed by atoms with van der Waals surface area (Å²) in [4.78, 5) is 23.6. The highest BCUT2D eigenvalue weighted by Crippen LogP contribution is 2.44. The number of carbonyl (C=O) groups is 1. The minimum Gasteiger partial charge on any atom is -0.357 e. The highest BCUT2D eigenvalue weighted by molar-refractivity contribution is 5.94. The number of aromatic nitrogens is 2. The number of anilines is 1. The van der Waals surface area contributed by atoms with E-state index in [9.17, 15) is 4.79 Å². The lowest BCUT2D eigenvalue weighted by Gasteiger charge is -2.29. The van der Waals surface area contributed by atoms with Gasteiger partial charge in [-0.3, -0.25) is 4.79 Å². The third kappa shape index (κ3) is 3.15. The fourth-order valence-electron chi connectivity index (χ4n) is 4.18. The molecule has 0 unspecified atom stereocenters. The molecule has 0 radical (unpaired) electrons. The summed E-state index contributed by atoms with van der Waals surface area (Å²) in [7, 11) is 1.76. The first-order valence-electron chi connectivity index (χ1n) is 8.76. The van der Waals surface area contributed by atoms with Gasteiger partial charge in [0.15, 0.2) is 0 Å². The Bertz CT molecular complexity index is 782. The van der Waals surface area contributed by atoms with Crippen LogP contribution in [0.25, 0.3) is 0 Å². The van der Waals surface area contributed by atoms with Crippen LogP contribution < -0.4 is 10.6 Å². The van der Waals surface area contributed by atoms with Crippen LogP contribution in [0.1, 0.15) is 27.5 Å². The lowest BCUT2D eigenvalue weighted by atomic mass is 9.87. The molecule has 2 aliphatic rings. The van der Waals surface area contributed by atoms with Gasteiger partial charge >= 0.3 is 0 Å². The molecule has 2 fully saturated rings. The number of rotatable bonds is 3. The highest BCUT2D eigenvalue weighted by atomic mass is 35.5. The van der Waals surface area contributed by atoms with Gasteiger partial charge in [0.25, 0.3) is 5.91 Å². The minimum absolute atomic E-state index is 0. The molecular weight excluding hydrogens is 350 g/mol. The zero-order valence-electron chi connectivity index (χ0n) is 15.0. The maximum Gasteiger partial charge on any atom is 0.257 e. The summed E-state index contributed by atoms with van der Waals surface area (Å²) in [6.07, 6.45) is 3.23. The van der Waals surface area contributed by atoms with E-state index in [4.69, 9.17) is 0 Å². The van der Waals surface area contributed by atoms with Crippen LogP contribution in [-0.4, -0.2) is 47.5 Å². The Balaban J connectivity index is 0.00000196. The van der Waals surface area contributed by atoms with E-state index in [-0.39, 0.29) is 24.4 Å². The second-order valence-electron chi connectivity index (χ2n) is 6.89. The molecule has 0 spiro atoms. The van der Waals surface area contributed by atoms with Crippen molar-refractivity contribution in [3.05, 3.63) is 53.3 Å². The summed E-state index contributed by atoms with van der Waals surface area (Å²) < 4.78 is 0. The molecule has 2 aromatic rings. The van der Waals surface area contributed by atoms with Gasteiger partial charge in [-0.15, -0.1) is 12.4 Å². The SMILES string of the molecule is CNc1ncc(C(=O)N2C[C@@H]3CNC[C@@H]3[C@@H]2c2ccccc2C)cn1.Cl. The number of hydrogen-bond acceptors (Lipinski definition) is 5. The van der Waals surface area contributed by atoms with Crippen LogP contribution in [0.3, 0.4) is 0 Å². The number of benzene rings is 1. The van der Waals surface area contributed by atoms with Crippen molar-refractivity contribution in [2.75, 3.05) is 32.0 Å². The Morgan fingerprint density at radius 1 is 1.23 bits per heavy atom. The van der Waals surface area contributed by atoms with Crippen molar-refractivity contribution in [3.63, 3.8) is 0 Å². The van der Waals surface area contributed by atoms with Crippen LogP contribution in [-0.2, 0) is 0 Å². The minimum atomic E-state index is 0. The largest absolute Gasteiger partial charge is 0.357 e. The Morgan fingerprint density at radius 2 is 1.96 bits per heavy atom. The lowest BCUT2D eigenvalue weighted by molar-refractivity contribution is 0.0713. The van der Waals surface area contributed by atoms with Crippen LogP contribution in [0.5, 0.6) is 0 Å². The highest BCUT2D eigenvalue weighted by Gasteiger charge is 2.47. The summed E-state index contributed by atoms with van der Waals surface area (Å²) >= 11 is 0. The maximum atomic E-state index is 13.2. The second kappa shape index (κ2) is 7.60. The number of likely N-dealkylation sites (tertiary alicyclic amines) is 1. The summed E-state index contributed by atoms with van der Waals surface area (Å²) in [5, 5.41) is 6.37. The molecule has 2 saturated heterocycles. The molecule has 26 heavy (non-hydrogen) atoms. The van der Waals surface area contributed by atoms with E-state index in [1.807, 2.05) is 4.90 Å². The fourth-order valence-corrected chi connectivity index (χ4v) is 4.18. The summed E-state index contributed by atoms with van der Waals surface area (Å²) in [6.45, 7) is 4.84. The number of fused-ring (bicyclic) bond motifs is 1. The molecule has 4 rings (SSSR count). The molecule has 6 nitrogen and oxygen atoms in total. The molecule has 0 saturated carbocycles. The van der Waals surface area contributed by atoms with Gasteiger partial charge in [-0.1, -0.05) is 24.3 Å². The molecule has 1 aromatic carbocycles. The Kier molecular flexibility index (Phi) is 5.44. The normalized spacial score (nSPS) is 24.1. The van der Waals surface area contributed by atoms with Crippen LogP contribution in [0.4, 0.5) is 5.95 Å². The lowest BCUT2D eigenvalue weighted by Crippen LogP contribution is -2.35. The molecule has 0 aliphatic carbocycles. The van der Waals surface area contributed by atoms with Crippen molar-refractivity contribution >= 4 is 24.3 Å². The topological polar surface area (TPSA) is 70.2 Å². The van der Waals surface area contributed by atoms with Gasteiger partial charge in [-0.05, 0) is 24.0 Å². The van der Waals surface area contributed by atoms with E-state index >= 15 is 0 Å². The Labute approximate surface area is 159 Å². The standard InChI is InChI=1S/C19H23N5O.ClH/c1-12-5-3-4-6-15(12)17-16-10-21-7-14(16)11-24(17)18(25)13-8-22-19(20-2)23-9-13;/h3-6,8-9,14,16-17,21H,7,10-11H2,1-2H3,(H,20,22,23);1H/t14-,16-,17-;/m0./s1. The molecule has 2 aliphatic heterocycles. The van der Waals surface area contributed by atoms with Crippen molar-refractivity contribution in [2.24, 2.45) is 11.8 Å². The third-order valence-electron chi connectivity index (χ3n) is 5.45. The van der Waals surface area contributed by atoms with Crippen LogP contribution >= 0.6 is 12.4 Å². The van der Waals surface area contributed by atoms with Crippen LogP contribution in [0.2, 0.25) is 0 Å². The smallest absolute Gasteiger partial charge is 0.257 e. The quantitative estimate of drug-likeness (QED) is 0.863. The molecule has 7 heteroatoms. The predicted molar refractivity (Wildman–Crippen MR) is 104 cm³/mol. The number of aryl methyl sites for hydroxylation is 1. The van der Waals surface area contributed by atoms with Gasteiger partial charge in [-0.25, -0.2) is 9.97 Å². The van der Waals surface area contributed by atoms with E-state index in [0.717, 1.165) is 19.6 Å². The molecule has 1 aromatic heterocycles. The zero-order chi connectivity index (χ0) is 17.4. The van der Waals surface area contributed by atoms with E-state index in [2.05, 4.69) is 51.8 Å². The number of nitrogens with one attached hydrogen (secondary N) is 2. The third-order valence-corrected chi connectivity index (χ3v) is 5.45. The number of nitrogens with zero attached hydrogens (tertiary/aromatic N) is 3. The van der Waals surface area contributed by atoms with E-state index in [1.165, 1.54) is 11.1 Å². The molecule has 3 atom stereocenters. The summed E-state index contributed by atoms with van der Waals surface area (Å²) in [6, 6.07) is 8.50. The number of hydrogen-bond donors (Lipinski definition) is 2. The van der Waals surface area contributed by atoms with Gasteiger partial charge in [0.2, 0.25) is 5.95 Å². The second-order valence-corrected chi connectivity index (χ2v) is 6.89. The van der Waals surface area contributed by atoms with Gasteiger partial charge in [0.1, 0.15) is 0 Å². The molecule has 138 valence electrons. The molecule has 2 N–H and O–H groups in total. The van der Waals surface area contributed by atoms with E-state index in [0.29, 0.717) is 23.3 Å². The number of amides is 1. The Morgan fingerprint density at radius 3 is 2.65 bits per heavy atom. The van der Waals surface area contributed by atoms with Crippen molar-refractivity contribution < 1.29 is 4.79 Å². The molecular formula is C19H24ClN5O. The van der Waals surface area contributed by atoms with Crippen molar-refractivity contribution in [1.82, 2.24) is 20.2 Å². The first-order valence-corrected chi connectivity index (χ1v) is 8.76. The average Bonchev–Trinajstić information content (AvgIpc) is 3.23. The van der Waals surface area contributed by atoms with Crippen LogP contribution in [0.15, 0.2) is 36.7 Å². The van der Waals surface area contributed by atoms with E-state index in [1.54, 1.807) is 19.4 Å². The molecule has 3 heterocycles. The monoisotopic (exact) mass is 373 g/mol. The summed E-state index contributed by atoms with van der Waals surface area (Å²) in [5.74, 6) is 1.51. The number of halogens is 1.